The molecule has 0 aromatic heterocycles. The van der Waals surface area contributed by atoms with E-state index in [9.17, 15) is 4.79 Å². The number of Topliss-reactive ketones (excluding diaryl/α,β-unsaturated/α-hetero) is 1. The molecule has 108 valence electrons. The van der Waals surface area contributed by atoms with E-state index in [1.54, 1.807) is 0 Å². The Morgan fingerprint density at radius 3 is 2.65 bits per heavy atom. The van der Waals surface area contributed by atoms with E-state index in [-0.39, 0.29) is 22.8 Å². The topological polar surface area (TPSA) is 23.3 Å². The molecule has 2 heterocycles. The summed E-state index contributed by atoms with van der Waals surface area (Å²) in [6.45, 7) is 5.96. The van der Waals surface area contributed by atoms with Crippen molar-refractivity contribution in [1.82, 2.24) is 4.90 Å². The van der Waals surface area contributed by atoms with Crippen molar-refractivity contribution in [2.24, 2.45) is 0 Å². The molecular weight excluding hydrogens is 316 g/mol. The highest BCUT2D eigenvalue weighted by Crippen LogP contribution is 2.15. The van der Waals surface area contributed by atoms with Crippen molar-refractivity contribution in [3.63, 3.8) is 0 Å². The van der Waals surface area contributed by atoms with Gasteiger partial charge in [-0.15, -0.1) is 0 Å². The van der Waals surface area contributed by atoms with Crippen molar-refractivity contribution in [2.75, 3.05) is 26.2 Å². The standard InChI is InChI=1S/C16H21N2O.BrH/c1-13-5-7-14(8-6-13)15(19)12-18-11-3-10-17-9-2-4-16(17)18;/h5-8H,2-4,9-12H2,1H3;1H/q+1;/p-1. The fourth-order valence-electron chi connectivity index (χ4n) is 3.07. The second kappa shape index (κ2) is 6.53. The minimum Gasteiger partial charge on any atom is -1.00 e. The first-order chi connectivity index (χ1) is 9.24. The molecule has 0 bridgehead atoms. The number of halogens is 1. The smallest absolute Gasteiger partial charge is 0.247 e. The summed E-state index contributed by atoms with van der Waals surface area (Å²) in [5.41, 5.74) is 2.03. The number of aryl methyl sites for hydroxylation is 1. The Kier molecular flexibility index (Phi) is 4.97. The lowest BCUT2D eigenvalue weighted by molar-refractivity contribution is -0.529. The van der Waals surface area contributed by atoms with Gasteiger partial charge in [0.05, 0.1) is 26.1 Å². The van der Waals surface area contributed by atoms with E-state index >= 15 is 0 Å². The van der Waals surface area contributed by atoms with Crippen molar-refractivity contribution >= 4 is 11.6 Å². The molecular formula is C16H21BrN2O. The largest absolute Gasteiger partial charge is 1.00 e. The number of hydrogen-bond acceptors (Lipinski definition) is 2. The molecule has 0 fully saturated rings. The molecule has 3 rings (SSSR count). The lowest BCUT2D eigenvalue weighted by atomic mass is 10.1. The number of hydrogen-bond donors (Lipinski definition) is 0. The number of benzene rings is 1. The molecule has 0 saturated heterocycles. The maximum atomic E-state index is 12.3. The lowest BCUT2D eigenvalue weighted by Gasteiger charge is -2.23. The minimum absolute atomic E-state index is 0. The first-order valence-corrected chi connectivity index (χ1v) is 7.19. The monoisotopic (exact) mass is 336 g/mol. The summed E-state index contributed by atoms with van der Waals surface area (Å²) >= 11 is 0. The Balaban J connectivity index is 0.00000147. The number of nitrogens with zero attached hydrogens (tertiary/aromatic N) is 2. The van der Waals surface area contributed by atoms with Gasteiger partial charge >= 0.3 is 0 Å². The van der Waals surface area contributed by atoms with Gasteiger partial charge in [0.15, 0.2) is 0 Å². The van der Waals surface area contributed by atoms with Crippen molar-refractivity contribution in [3.05, 3.63) is 35.4 Å². The average molecular weight is 337 g/mol. The van der Waals surface area contributed by atoms with Crippen molar-refractivity contribution in [2.45, 2.75) is 26.2 Å². The molecule has 0 atom stereocenters. The van der Waals surface area contributed by atoms with Crippen LogP contribution in [0.15, 0.2) is 24.3 Å². The van der Waals surface area contributed by atoms with E-state index in [0.29, 0.717) is 6.54 Å². The Morgan fingerprint density at radius 1 is 1.20 bits per heavy atom. The summed E-state index contributed by atoms with van der Waals surface area (Å²) in [6.07, 6.45) is 3.55. The van der Waals surface area contributed by atoms with E-state index < -0.39 is 0 Å². The van der Waals surface area contributed by atoms with Crippen LogP contribution < -0.4 is 17.0 Å². The maximum absolute atomic E-state index is 12.3. The van der Waals surface area contributed by atoms with Crippen LogP contribution in [-0.2, 0) is 0 Å². The zero-order valence-electron chi connectivity index (χ0n) is 11.9. The summed E-state index contributed by atoms with van der Waals surface area (Å²) < 4.78 is 2.45. The number of ketones is 1. The zero-order chi connectivity index (χ0) is 13.2. The van der Waals surface area contributed by atoms with Crippen LogP contribution in [0.2, 0.25) is 0 Å². The Hall–Kier alpha value is -1.16. The predicted octanol–water partition coefficient (Wildman–Crippen LogP) is -0.908. The lowest BCUT2D eigenvalue weighted by Crippen LogP contribution is -3.00. The molecule has 1 aromatic rings. The van der Waals surface area contributed by atoms with Gasteiger partial charge in [0.1, 0.15) is 6.54 Å². The van der Waals surface area contributed by atoms with Crippen LogP contribution in [0.4, 0.5) is 0 Å². The molecule has 1 aromatic carbocycles. The van der Waals surface area contributed by atoms with Crippen LogP contribution in [0.25, 0.3) is 0 Å². The normalized spacial score (nSPS) is 17.8. The summed E-state index contributed by atoms with van der Waals surface area (Å²) in [5, 5.41) is 0. The quantitative estimate of drug-likeness (QED) is 0.527. The van der Waals surface area contributed by atoms with Gasteiger partial charge in [-0.2, -0.15) is 0 Å². The van der Waals surface area contributed by atoms with Crippen LogP contribution in [0.5, 0.6) is 0 Å². The highest BCUT2D eigenvalue weighted by Gasteiger charge is 2.32. The van der Waals surface area contributed by atoms with Gasteiger partial charge in [0, 0.05) is 12.0 Å². The third-order valence-corrected chi connectivity index (χ3v) is 4.12. The molecule has 2 aliphatic rings. The van der Waals surface area contributed by atoms with E-state index in [2.05, 4.69) is 9.48 Å². The zero-order valence-corrected chi connectivity index (χ0v) is 13.5. The van der Waals surface area contributed by atoms with Crippen molar-refractivity contribution in [3.8, 4) is 0 Å². The fourth-order valence-corrected chi connectivity index (χ4v) is 3.07. The van der Waals surface area contributed by atoms with E-state index in [1.807, 2.05) is 31.2 Å². The molecule has 3 nitrogen and oxygen atoms in total. The Morgan fingerprint density at radius 2 is 1.90 bits per heavy atom. The number of carbonyl (C=O) groups excluding carboxylic acids is 1. The molecule has 20 heavy (non-hydrogen) atoms. The molecule has 0 N–H and O–H groups in total. The highest BCUT2D eigenvalue weighted by molar-refractivity contribution is 5.99. The number of carbonyl (C=O) groups is 1. The first kappa shape index (κ1) is 15.2. The molecule has 0 radical (unpaired) electrons. The second-order valence-electron chi connectivity index (χ2n) is 5.57. The molecule has 0 saturated carbocycles. The van der Waals surface area contributed by atoms with Crippen LogP contribution in [0.3, 0.4) is 0 Å². The Labute approximate surface area is 131 Å². The molecule has 0 spiro atoms. The van der Waals surface area contributed by atoms with Gasteiger partial charge in [-0.05, 0) is 13.3 Å². The van der Waals surface area contributed by atoms with Crippen LogP contribution in [0, 0.1) is 6.92 Å². The third-order valence-electron chi connectivity index (χ3n) is 4.12. The van der Waals surface area contributed by atoms with E-state index in [4.69, 9.17) is 0 Å². The second-order valence-corrected chi connectivity index (χ2v) is 5.57. The summed E-state index contributed by atoms with van der Waals surface area (Å²) in [6, 6.07) is 7.91. The van der Waals surface area contributed by atoms with E-state index in [0.717, 1.165) is 18.5 Å². The van der Waals surface area contributed by atoms with Gasteiger partial charge in [-0.3, -0.25) is 14.3 Å². The van der Waals surface area contributed by atoms with Crippen LogP contribution in [0.1, 0.15) is 35.2 Å². The van der Waals surface area contributed by atoms with Crippen LogP contribution in [-0.4, -0.2) is 47.3 Å². The number of amidine groups is 1. The molecule has 0 aliphatic carbocycles. The van der Waals surface area contributed by atoms with Crippen LogP contribution >= 0.6 is 0 Å². The molecule has 0 unspecified atom stereocenters. The summed E-state index contributed by atoms with van der Waals surface area (Å²) in [4.78, 5) is 14.6. The van der Waals surface area contributed by atoms with Gasteiger partial charge in [-0.1, -0.05) is 29.8 Å². The van der Waals surface area contributed by atoms with Gasteiger partial charge in [0.2, 0.25) is 11.6 Å². The molecule has 0 amide bonds. The maximum Gasteiger partial charge on any atom is 0.247 e. The Bertz CT molecular complexity index is 522. The number of rotatable bonds is 3. The SMILES string of the molecule is Cc1ccc(C(=O)CN2CCC[N+]3=C2CCC3)cc1.[Br-]. The molecule has 2 aliphatic heterocycles. The van der Waals surface area contributed by atoms with Gasteiger partial charge in [-0.25, -0.2) is 0 Å². The molecule has 4 heteroatoms. The minimum atomic E-state index is 0. The fraction of sp³-hybridized carbons (Fsp3) is 0.500. The predicted molar refractivity (Wildman–Crippen MR) is 75.9 cm³/mol. The first-order valence-electron chi connectivity index (χ1n) is 7.19. The van der Waals surface area contributed by atoms with E-state index in [1.165, 1.54) is 37.3 Å². The summed E-state index contributed by atoms with van der Waals surface area (Å²) in [7, 11) is 0. The van der Waals surface area contributed by atoms with Gasteiger partial charge < -0.3 is 17.0 Å². The summed E-state index contributed by atoms with van der Waals surface area (Å²) in [5.74, 6) is 1.63. The van der Waals surface area contributed by atoms with Crippen molar-refractivity contribution < 1.29 is 26.4 Å². The highest BCUT2D eigenvalue weighted by atomic mass is 79.9. The van der Waals surface area contributed by atoms with Crippen molar-refractivity contribution in [1.29, 1.82) is 0 Å². The third kappa shape index (κ3) is 3.11. The average Bonchev–Trinajstić information content (AvgIpc) is 2.89. The van der Waals surface area contributed by atoms with Gasteiger partial charge in [0.25, 0.3) is 0 Å².